The lowest BCUT2D eigenvalue weighted by Crippen LogP contribution is -2.07. The summed E-state index contributed by atoms with van der Waals surface area (Å²) in [6.45, 7) is 5.37. The van der Waals surface area contributed by atoms with E-state index in [-0.39, 0.29) is 29.8 Å². The van der Waals surface area contributed by atoms with Crippen LogP contribution in [-0.4, -0.2) is 25.1 Å². The largest absolute Gasteiger partial charge is 0.451 e. The first-order valence-electron chi connectivity index (χ1n) is 7.49. The Morgan fingerprint density at radius 1 is 1.28 bits per heavy atom. The molecule has 2 heterocycles. The van der Waals surface area contributed by atoms with E-state index >= 15 is 0 Å². The molecule has 2 aromatic rings. The highest BCUT2D eigenvalue weighted by molar-refractivity contribution is 5.52. The van der Waals surface area contributed by atoms with Gasteiger partial charge in [-0.05, 0) is 18.4 Å². The molecule has 0 radical (unpaired) electrons. The Kier molecular flexibility index (Phi) is 5.29. The van der Waals surface area contributed by atoms with Crippen LogP contribution >= 0.6 is 0 Å². The molecular formula is C15H18F4N6. The smallest absolute Gasteiger partial charge is 0.382 e. The summed E-state index contributed by atoms with van der Waals surface area (Å²) in [5, 5.41) is 5.28. The first-order valence-corrected chi connectivity index (χ1v) is 7.49. The Balaban J connectivity index is 2.32. The standard InChI is InChI=1S/C15H18F4N6/c1-4-9(16)8(5-7(2)3)6-10-11(20)22-12(21-10)13-23-14(25-24-13)15(17,18)19/h4-5,7H,6,20H2,1-3H3,(H,21,22)(H,23,24,25)/b8-5-,9-4+. The van der Waals surface area contributed by atoms with Gasteiger partial charge >= 0.3 is 6.18 Å². The Morgan fingerprint density at radius 3 is 2.48 bits per heavy atom. The second-order valence-electron chi connectivity index (χ2n) is 5.70. The summed E-state index contributed by atoms with van der Waals surface area (Å²) in [4.78, 5) is 10.0. The van der Waals surface area contributed by atoms with Gasteiger partial charge in [0.1, 0.15) is 11.6 Å². The molecule has 0 amide bonds. The second kappa shape index (κ2) is 7.08. The van der Waals surface area contributed by atoms with E-state index in [9.17, 15) is 17.6 Å². The summed E-state index contributed by atoms with van der Waals surface area (Å²) in [6, 6.07) is 0. The number of hydrogen-bond donors (Lipinski definition) is 3. The molecule has 0 spiro atoms. The average Bonchev–Trinajstić information content (AvgIpc) is 3.12. The molecule has 2 aromatic heterocycles. The topological polar surface area (TPSA) is 96.3 Å². The fraction of sp³-hybridized carbons (Fsp3) is 0.400. The fourth-order valence-electron chi connectivity index (χ4n) is 2.16. The van der Waals surface area contributed by atoms with Gasteiger partial charge in [-0.15, -0.1) is 5.10 Å². The van der Waals surface area contributed by atoms with Crippen LogP contribution in [0.3, 0.4) is 0 Å². The molecule has 0 fully saturated rings. The van der Waals surface area contributed by atoms with Crippen LogP contribution in [0.25, 0.3) is 11.6 Å². The summed E-state index contributed by atoms with van der Waals surface area (Å²) in [5.41, 5.74) is 6.57. The lowest BCUT2D eigenvalue weighted by atomic mass is 10.0. The average molecular weight is 358 g/mol. The Labute approximate surface area is 141 Å². The number of aromatic amines is 2. The number of nitrogens with one attached hydrogen (secondary N) is 2. The highest BCUT2D eigenvalue weighted by atomic mass is 19.4. The van der Waals surface area contributed by atoms with Gasteiger partial charge in [-0.1, -0.05) is 26.0 Å². The fourth-order valence-corrected chi connectivity index (χ4v) is 2.16. The van der Waals surface area contributed by atoms with Gasteiger partial charge in [-0.25, -0.2) is 14.4 Å². The van der Waals surface area contributed by atoms with Crippen LogP contribution in [0, 0.1) is 5.92 Å². The first-order chi connectivity index (χ1) is 11.6. The van der Waals surface area contributed by atoms with Gasteiger partial charge in [0, 0.05) is 6.42 Å². The number of halogens is 4. The van der Waals surface area contributed by atoms with Gasteiger partial charge in [0.25, 0.3) is 0 Å². The molecule has 10 heteroatoms. The quantitative estimate of drug-likeness (QED) is 0.560. The molecule has 0 aliphatic carbocycles. The van der Waals surface area contributed by atoms with E-state index in [0.29, 0.717) is 11.3 Å². The minimum absolute atomic E-state index is 0.0240. The number of nitrogens with two attached hydrogens (primary N) is 1. The number of alkyl halides is 3. The van der Waals surface area contributed by atoms with E-state index in [4.69, 9.17) is 5.73 Å². The summed E-state index contributed by atoms with van der Waals surface area (Å²) < 4.78 is 51.7. The Hall–Kier alpha value is -2.65. The van der Waals surface area contributed by atoms with E-state index in [1.807, 2.05) is 13.8 Å². The Bertz CT molecular complexity index is 797. The van der Waals surface area contributed by atoms with E-state index < -0.39 is 17.8 Å². The predicted octanol–water partition coefficient (Wildman–Crippen LogP) is 3.79. The normalized spacial score (nSPS) is 13.8. The second-order valence-corrected chi connectivity index (χ2v) is 5.70. The summed E-state index contributed by atoms with van der Waals surface area (Å²) >= 11 is 0. The number of H-pyrrole nitrogens is 2. The van der Waals surface area contributed by atoms with Crippen LogP contribution in [-0.2, 0) is 12.6 Å². The number of rotatable bonds is 5. The van der Waals surface area contributed by atoms with Crippen molar-refractivity contribution in [2.75, 3.05) is 5.73 Å². The first kappa shape index (κ1) is 18.7. The highest BCUT2D eigenvalue weighted by Gasteiger charge is 2.35. The monoisotopic (exact) mass is 358 g/mol. The van der Waals surface area contributed by atoms with Crippen molar-refractivity contribution in [3.63, 3.8) is 0 Å². The molecule has 0 unspecified atom stereocenters. The number of hydrogen-bond acceptors (Lipinski definition) is 4. The van der Waals surface area contributed by atoms with Crippen molar-refractivity contribution in [2.24, 2.45) is 5.92 Å². The van der Waals surface area contributed by atoms with Crippen molar-refractivity contribution in [3.05, 3.63) is 35.1 Å². The third-order valence-electron chi connectivity index (χ3n) is 3.24. The minimum atomic E-state index is -4.64. The number of nitrogen functional groups attached to an aromatic ring is 1. The molecule has 0 aromatic carbocycles. The summed E-state index contributed by atoms with van der Waals surface area (Å²) in [5.74, 6) is -1.78. The number of nitrogens with zero attached hydrogens (tertiary/aromatic N) is 3. The van der Waals surface area contributed by atoms with Crippen molar-refractivity contribution in [2.45, 2.75) is 33.4 Å². The summed E-state index contributed by atoms with van der Waals surface area (Å²) in [7, 11) is 0. The maximum absolute atomic E-state index is 14.0. The zero-order chi connectivity index (χ0) is 18.8. The minimum Gasteiger partial charge on any atom is -0.382 e. The van der Waals surface area contributed by atoms with Gasteiger partial charge in [0.05, 0.1) is 5.69 Å². The van der Waals surface area contributed by atoms with Crippen molar-refractivity contribution in [1.82, 2.24) is 25.1 Å². The molecule has 0 saturated heterocycles. The molecule has 0 aliphatic rings. The molecule has 0 aliphatic heterocycles. The van der Waals surface area contributed by atoms with E-state index in [1.165, 1.54) is 6.08 Å². The highest BCUT2D eigenvalue weighted by Crippen LogP contribution is 2.28. The van der Waals surface area contributed by atoms with Crippen molar-refractivity contribution < 1.29 is 17.6 Å². The lowest BCUT2D eigenvalue weighted by Gasteiger charge is -2.06. The van der Waals surface area contributed by atoms with Gasteiger partial charge < -0.3 is 10.7 Å². The van der Waals surface area contributed by atoms with Gasteiger partial charge in [0.15, 0.2) is 5.82 Å². The Morgan fingerprint density at radius 2 is 1.96 bits per heavy atom. The molecule has 4 N–H and O–H groups in total. The van der Waals surface area contributed by atoms with Crippen LogP contribution < -0.4 is 5.73 Å². The maximum Gasteiger partial charge on any atom is 0.451 e. The number of anilines is 1. The van der Waals surface area contributed by atoms with Crippen LogP contribution in [0.1, 0.15) is 32.3 Å². The molecule has 0 atom stereocenters. The van der Waals surface area contributed by atoms with Gasteiger partial charge in [-0.2, -0.15) is 13.2 Å². The number of aromatic nitrogens is 5. The SMILES string of the molecule is C/C=C(F)\C(=C/C(C)C)Cc1[nH]c(-c2n[nH]c(C(F)(F)F)n2)nc1N. The van der Waals surface area contributed by atoms with Crippen LogP contribution in [0.2, 0.25) is 0 Å². The van der Waals surface area contributed by atoms with Crippen LogP contribution in [0.15, 0.2) is 23.6 Å². The predicted molar refractivity (Wildman–Crippen MR) is 84.9 cm³/mol. The van der Waals surface area contributed by atoms with E-state index in [1.54, 1.807) is 18.1 Å². The van der Waals surface area contributed by atoms with Gasteiger partial charge in [-0.3, -0.25) is 5.10 Å². The molecule has 6 nitrogen and oxygen atoms in total. The van der Waals surface area contributed by atoms with E-state index in [2.05, 4.69) is 20.1 Å². The van der Waals surface area contributed by atoms with Crippen molar-refractivity contribution in [1.29, 1.82) is 0 Å². The van der Waals surface area contributed by atoms with Crippen molar-refractivity contribution in [3.8, 4) is 11.6 Å². The number of imidazole rings is 1. The zero-order valence-corrected chi connectivity index (χ0v) is 13.9. The van der Waals surface area contributed by atoms with Gasteiger partial charge in [0.2, 0.25) is 11.6 Å². The van der Waals surface area contributed by atoms with Crippen molar-refractivity contribution >= 4 is 5.82 Å². The molecule has 25 heavy (non-hydrogen) atoms. The number of allylic oxidation sites excluding steroid dienone is 4. The molecule has 0 bridgehead atoms. The van der Waals surface area contributed by atoms with Crippen LogP contribution in [0.4, 0.5) is 23.4 Å². The third kappa shape index (κ3) is 4.46. The summed E-state index contributed by atoms with van der Waals surface area (Å²) in [6.07, 6.45) is -1.46. The molecule has 2 rings (SSSR count). The third-order valence-corrected chi connectivity index (χ3v) is 3.24. The maximum atomic E-state index is 14.0. The molecule has 136 valence electrons. The zero-order valence-electron chi connectivity index (χ0n) is 13.9. The van der Waals surface area contributed by atoms with Crippen LogP contribution in [0.5, 0.6) is 0 Å². The van der Waals surface area contributed by atoms with E-state index in [0.717, 1.165) is 0 Å². The molecule has 0 saturated carbocycles. The molecular weight excluding hydrogens is 340 g/mol. The lowest BCUT2D eigenvalue weighted by molar-refractivity contribution is -0.144.